The summed E-state index contributed by atoms with van der Waals surface area (Å²) >= 11 is 1.46. The average molecular weight is 308 g/mol. The lowest BCUT2D eigenvalue weighted by Crippen LogP contribution is -2.12. The number of carbonyl (C=O) groups is 1. The number of anilines is 1. The Labute approximate surface area is 130 Å². The number of carbonyl (C=O) groups excluding carboxylic acids is 1. The molecule has 6 heteroatoms. The molecule has 0 aliphatic heterocycles. The molecule has 108 valence electrons. The van der Waals surface area contributed by atoms with Gasteiger partial charge < -0.3 is 0 Å². The first kappa shape index (κ1) is 13.0. The van der Waals surface area contributed by atoms with E-state index in [-0.39, 0.29) is 5.91 Å². The third-order valence-corrected chi connectivity index (χ3v) is 4.39. The minimum Gasteiger partial charge on any atom is -0.296 e. The van der Waals surface area contributed by atoms with Gasteiger partial charge in [-0.1, -0.05) is 41.7 Å². The van der Waals surface area contributed by atoms with Gasteiger partial charge >= 0.3 is 0 Å². The summed E-state index contributed by atoms with van der Waals surface area (Å²) in [6.07, 6.45) is 1.74. The first-order valence-corrected chi connectivity index (χ1v) is 7.62. The lowest BCUT2D eigenvalue weighted by molar-refractivity contribution is 0.102. The number of rotatable bonds is 2. The molecule has 4 aromatic rings. The van der Waals surface area contributed by atoms with E-state index in [0.717, 1.165) is 21.0 Å². The van der Waals surface area contributed by atoms with Crippen LogP contribution in [0.1, 0.15) is 10.5 Å². The molecule has 0 atom stereocenters. The molecule has 4 rings (SSSR count). The van der Waals surface area contributed by atoms with Crippen molar-refractivity contribution in [2.75, 3.05) is 5.32 Å². The molecule has 2 aromatic heterocycles. The van der Waals surface area contributed by atoms with E-state index >= 15 is 0 Å². The Kier molecular flexibility index (Phi) is 2.90. The van der Waals surface area contributed by atoms with Crippen LogP contribution < -0.4 is 5.32 Å². The first-order valence-electron chi connectivity index (χ1n) is 6.80. The van der Waals surface area contributed by atoms with E-state index < -0.39 is 0 Å². The van der Waals surface area contributed by atoms with Crippen molar-refractivity contribution < 1.29 is 4.79 Å². The second-order valence-corrected chi connectivity index (χ2v) is 6.01. The molecule has 0 fully saturated rings. The van der Waals surface area contributed by atoms with Crippen molar-refractivity contribution in [2.45, 2.75) is 0 Å². The summed E-state index contributed by atoms with van der Waals surface area (Å²) in [5.74, 6) is -0.246. The Hall–Kier alpha value is -2.73. The minimum atomic E-state index is -0.246. The van der Waals surface area contributed by atoms with Gasteiger partial charge in [-0.3, -0.25) is 14.8 Å². The molecule has 0 saturated heterocycles. The van der Waals surface area contributed by atoms with Gasteiger partial charge in [0.25, 0.3) is 5.91 Å². The molecule has 5 nitrogen and oxygen atoms in total. The lowest BCUT2D eigenvalue weighted by Gasteiger charge is -1.97. The summed E-state index contributed by atoms with van der Waals surface area (Å²) in [7, 11) is 1.78. The van der Waals surface area contributed by atoms with Crippen molar-refractivity contribution in [3.05, 3.63) is 54.4 Å². The highest BCUT2D eigenvalue weighted by atomic mass is 32.1. The van der Waals surface area contributed by atoms with Crippen LogP contribution in [-0.4, -0.2) is 20.7 Å². The summed E-state index contributed by atoms with van der Waals surface area (Å²) in [6.45, 7) is 0. The molecule has 2 aromatic carbocycles. The monoisotopic (exact) mass is 308 g/mol. The Morgan fingerprint density at radius 2 is 2.05 bits per heavy atom. The minimum absolute atomic E-state index is 0.246. The third-order valence-electron chi connectivity index (χ3n) is 3.45. The Morgan fingerprint density at radius 1 is 1.18 bits per heavy atom. The van der Waals surface area contributed by atoms with Gasteiger partial charge in [0.2, 0.25) is 0 Å². The fourth-order valence-electron chi connectivity index (χ4n) is 2.41. The number of nitrogens with one attached hydrogen (secondary N) is 1. The number of thiazole rings is 1. The number of benzene rings is 2. The van der Waals surface area contributed by atoms with Crippen LogP contribution in [-0.2, 0) is 7.05 Å². The maximum atomic E-state index is 12.1. The van der Waals surface area contributed by atoms with Crippen LogP contribution in [0.2, 0.25) is 0 Å². The SMILES string of the molecule is Cn1ccc(C(=O)Nc2nc3c(ccc4ccccc43)s2)n1. The molecule has 2 heterocycles. The molecule has 22 heavy (non-hydrogen) atoms. The summed E-state index contributed by atoms with van der Waals surface area (Å²) in [6, 6.07) is 13.9. The Bertz CT molecular complexity index is 1000. The zero-order valence-electron chi connectivity index (χ0n) is 11.8. The summed E-state index contributed by atoms with van der Waals surface area (Å²) < 4.78 is 2.65. The quantitative estimate of drug-likeness (QED) is 0.617. The fraction of sp³-hybridized carbons (Fsp3) is 0.0625. The number of aromatic nitrogens is 3. The molecule has 0 aliphatic rings. The van der Waals surface area contributed by atoms with Crippen molar-refractivity contribution in [2.24, 2.45) is 7.05 Å². The van der Waals surface area contributed by atoms with E-state index in [1.54, 1.807) is 24.0 Å². The van der Waals surface area contributed by atoms with Gasteiger partial charge in [-0.2, -0.15) is 5.10 Å². The largest absolute Gasteiger partial charge is 0.296 e. The van der Waals surface area contributed by atoms with Crippen molar-refractivity contribution in [3.8, 4) is 0 Å². The standard InChI is InChI=1S/C16H12N4OS/c1-20-9-8-12(19-20)15(21)18-16-17-14-11-5-3-2-4-10(11)6-7-13(14)22-16/h2-9H,1H3,(H,17,18,21). The van der Waals surface area contributed by atoms with Crippen molar-refractivity contribution in [1.29, 1.82) is 0 Å². The number of amides is 1. The van der Waals surface area contributed by atoms with Crippen molar-refractivity contribution in [1.82, 2.24) is 14.8 Å². The highest BCUT2D eigenvalue weighted by molar-refractivity contribution is 7.22. The average Bonchev–Trinajstić information content (AvgIpc) is 3.13. The second-order valence-electron chi connectivity index (χ2n) is 4.98. The maximum Gasteiger partial charge on any atom is 0.277 e. The second kappa shape index (κ2) is 4.92. The molecule has 0 saturated carbocycles. The van der Waals surface area contributed by atoms with Crippen LogP contribution in [0.3, 0.4) is 0 Å². The number of hydrogen-bond donors (Lipinski definition) is 1. The van der Waals surface area contributed by atoms with Crippen LogP contribution in [0, 0.1) is 0 Å². The predicted octanol–water partition coefficient (Wildman–Crippen LogP) is 3.44. The number of aryl methyl sites for hydroxylation is 1. The van der Waals surface area contributed by atoms with E-state index in [1.165, 1.54) is 11.3 Å². The van der Waals surface area contributed by atoms with E-state index in [9.17, 15) is 4.79 Å². The summed E-state index contributed by atoms with van der Waals surface area (Å²) in [5.41, 5.74) is 1.30. The smallest absolute Gasteiger partial charge is 0.277 e. The zero-order chi connectivity index (χ0) is 15.1. The van der Waals surface area contributed by atoms with Gasteiger partial charge in [0.15, 0.2) is 10.8 Å². The van der Waals surface area contributed by atoms with Gasteiger partial charge in [0.05, 0.1) is 10.2 Å². The van der Waals surface area contributed by atoms with Gasteiger partial charge in [-0.15, -0.1) is 0 Å². The molecule has 0 bridgehead atoms. The van der Waals surface area contributed by atoms with E-state index in [1.807, 2.05) is 24.3 Å². The predicted molar refractivity (Wildman–Crippen MR) is 88.3 cm³/mol. The molecule has 1 N–H and O–H groups in total. The lowest BCUT2D eigenvalue weighted by atomic mass is 10.1. The topological polar surface area (TPSA) is 59.8 Å². The molecular formula is C16H12N4OS. The van der Waals surface area contributed by atoms with Crippen LogP contribution in [0.25, 0.3) is 21.0 Å². The fourth-order valence-corrected chi connectivity index (χ4v) is 3.29. The molecule has 0 aliphatic carbocycles. The van der Waals surface area contributed by atoms with Crippen LogP contribution in [0.15, 0.2) is 48.7 Å². The molecule has 0 unspecified atom stereocenters. The van der Waals surface area contributed by atoms with Crippen molar-refractivity contribution >= 4 is 43.4 Å². The third kappa shape index (κ3) is 2.14. The van der Waals surface area contributed by atoms with Gasteiger partial charge in [-0.05, 0) is 17.5 Å². The molecule has 0 radical (unpaired) electrons. The first-order chi connectivity index (χ1) is 10.7. The van der Waals surface area contributed by atoms with E-state index in [0.29, 0.717) is 10.8 Å². The Morgan fingerprint density at radius 3 is 2.86 bits per heavy atom. The van der Waals surface area contributed by atoms with Crippen LogP contribution in [0.5, 0.6) is 0 Å². The normalized spacial score (nSPS) is 11.1. The summed E-state index contributed by atoms with van der Waals surface area (Å²) in [5, 5.41) is 9.73. The van der Waals surface area contributed by atoms with E-state index in [2.05, 4.69) is 27.5 Å². The Balaban J connectivity index is 1.73. The van der Waals surface area contributed by atoms with Crippen molar-refractivity contribution in [3.63, 3.8) is 0 Å². The molecular weight excluding hydrogens is 296 g/mol. The zero-order valence-corrected chi connectivity index (χ0v) is 12.6. The summed E-state index contributed by atoms with van der Waals surface area (Å²) in [4.78, 5) is 16.7. The van der Waals surface area contributed by atoms with Crippen LogP contribution >= 0.6 is 11.3 Å². The highest BCUT2D eigenvalue weighted by Gasteiger charge is 2.13. The highest BCUT2D eigenvalue weighted by Crippen LogP contribution is 2.31. The number of fused-ring (bicyclic) bond motifs is 3. The van der Waals surface area contributed by atoms with Gasteiger partial charge in [0.1, 0.15) is 0 Å². The van der Waals surface area contributed by atoms with Gasteiger partial charge in [0, 0.05) is 18.6 Å². The number of hydrogen-bond acceptors (Lipinski definition) is 4. The molecule has 1 amide bonds. The van der Waals surface area contributed by atoms with Gasteiger partial charge in [-0.25, -0.2) is 4.98 Å². The maximum absolute atomic E-state index is 12.1. The molecule has 0 spiro atoms. The number of nitrogens with zero attached hydrogens (tertiary/aromatic N) is 3. The van der Waals surface area contributed by atoms with E-state index in [4.69, 9.17) is 0 Å². The van der Waals surface area contributed by atoms with Crippen LogP contribution in [0.4, 0.5) is 5.13 Å².